The van der Waals surface area contributed by atoms with Gasteiger partial charge in [0.05, 0.1) is 0 Å². The van der Waals surface area contributed by atoms with E-state index in [4.69, 9.17) is 9.84 Å². The largest absolute Gasteiger partial charge is 0.507 e. The molecule has 0 aliphatic rings. The third-order valence-electron chi connectivity index (χ3n) is 5.34. The van der Waals surface area contributed by atoms with Gasteiger partial charge in [-0.05, 0) is 49.3 Å². The molecule has 0 aliphatic carbocycles. The summed E-state index contributed by atoms with van der Waals surface area (Å²) in [5.74, 6) is -0.943. The standard InChI is InChI=1S/C26H27NO5/c1-17-11-13-19(14-12-17)27-26(31)32-25(18(2)7-3-6-10-24(29)30)22-15-16-23(28)21-9-5-4-8-20(21)22/h4-6,8-16,18,25,28H,3,7H2,1-2H3,(H,27,31)(H,29,30)/b10-6+/t18-,25-/m0/s1. The van der Waals surface area contributed by atoms with Crippen molar-refractivity contribution in [1.82, 2.24) is 0 Å². The zero-order chi connectivity index (χ0) is 23.1. The number of hydrogen-bond acceptors (Lipinski definition) is 4. The number of allylic oxidation sites excluding steroid dienone is 1. The molecule has 6 nitrogen and oxygen atoms in total. The van der Waals surface area contributed by atoms with E-state index in [1.54, 1.807) is 18.2 Å². The number of fused-ring (bicyclic) bond motifs is 1. The fourth-order valence-electron chi connectivity index (χ4n) is 3.63. The van der Waals surface area contributed by atoms with E-state index in [2.05, 4.69) is 5.32 Å². The Morgan fingerprint density at radius 3 is 2.41 bits per heavy atom. The van der Waals surface area contributed by atoms with E-state index in [1.165, 1.54) is 0 Å². The smallest absolute Gasteiger partial charge is 0.412 e. The van der Waals surface area contributed by atoms with Crippen molar-refractivity contribution in [2.75, 3.05) is 5.32 Å². The van der Waals surface area contributed by atoms with E-state index in [0.29, 0.717) is 23.9 Å². The molecule has 0 unspecified atom stereocenters. The molecule has 1 amide bonds. The Labute approximate surface area is 187 Å². The lowest BCUT2D eigenvalue weighted by molar-refractivity contribution is -0.131. The lowest BCUT2D eigenvalue weighted by Gasteiger charge is -2.26. The Hall–Kier alpha value is -3.80. The highest BCUT2D eigenvalue weighted by atomic mass is 16.6. The number of hydrogen-bond donors (Lipinski definition) is 3. The van der Waals surface area contributed by atoms with Gasteiger partial charge >= 0.3 is 12.1 Å². The van der Waals surface area contributed by atoms with Gasteiger partial charge in [-0.2, -0.15) is 0 Å². The maximum Gasteiger partial charge on any atom is 0.412 e. The number of aliphatic carboxylic acids is 1. The molecular weight excluding hydrogens is 406 g/mol. The molecule has 0 saturated heterocycles. The molecular formula is C26H27NO5. The average molecular weight is 434 g/mol. The number of aromatic hydroxyl groups is 1. The molecule has 0 heterocycles. The molecule has 3 aromatic carbocycles. The molecule has 0 aromatic heterocycles. The summed E-state index contributed by atoms with van der Waals surface area (Å²) in [5.41, 5.74) is 2.50. The van der Waals surface area contributed by atoms with Gasteiger partial charge in [0.1, 0.15) is 11.9 Å². The summed E-state index contributed by atoms with van der Waals surface area (Å²) < 4.78 is 5.89. The molecule has 0 saturated carbocycles. The van der Waals surface area contributed by atoms with Crippen LogP contribution < -0.4 is 5.32 Å². The van der Waals surface area contributed by atoms with E-state index in [9.17, 15) is 14.7 Å². The fraction of sp³-hybridized carbons (Fsp3) is 0.231. The van der Waals surface area contributed by atoms with Gasteiger partial charge in [-0.25, -0.2) is 9.59 Å². The normalized spacial score (nSPS) is 13.1. The predicted molar refractivity (Wildman–Crippen MR) is 125 cm³/mol. The molecule has 3 N–H and O–H groups in total. The third kappa shape index (κ3) is 5.88. The van der Waals surface area contributed by atoms with Gasteiger partial charge in [-0.3, -0.25) is 5.32 Å². The second-order valence-electron chi connectivity index (χ2n) is 7.83. The minimum Gasteiger partial charge on any atom is -0.507 e. The van der Waals surface area contributed by atoms with Crippen LogP contribution in [0, 0.1) is 12.8 Å². The Bertz CT molecular complexity index is 1120. The number of carboxylic acids is 1. The van der Waals surface area contributed by atoms with Crippen molar-refractivity contribution in [3.8, 4) is 5.75 Å². The van der Waals surface area contributed by atoms with Crippen molar-refractivity contribution in [3.05, 3.63) is 83.9 Å². The third-order valence-corrected chi connectivity index (χ3v) is 5.34. The van der Waals surface area contributed by atoms with Crippen LogP contribution in [0.5, 0.6) is 5.75 Å². The summed E-state index contributed by atoms with van der Waals surface area (Å²) in [6.07, 6.45) is 2.68. The van der Waals surface area contributed by atoms with Crippen molar-refractivity contribution in [3.63, 3.8) is 0 Å². The van der Waals surface area contributed by atoms with Crippen molar-refractivity contribution >= 4 is 28.5 Å². The average Bonchev–Trinajstić information content (AvgIpc) is 2.77. The van der Waals surface area contributed by atoms with Crippen LogP contribution in [0.15, 0.2) is 72.8 Å². The molecule has 0 radical (unpaired) electrons. The number of carboxylic acid groups (broad SMARTS) is 1. The Kier molecular flexibility index (Phi) is 7.49. The van der Waals surface area contributed by atoms with Crippen LogP contribution in [0.2, 0.25) is 0 Å². The number of phenols is 1. The molecule has 0 bridgehead atoms. The Morgan fingerprint density at radius 2 is 1.72 bits per heavy atom. The molecule has 2 atom stereocenters. The quantitative estimate of drug-likeness (QED) is 0.368. The maximum absolute atomic E-state index is 12.7. The number of anilines is 1. The second-order valence-corrected chi connectivity index (χ2v) is 7.83. The van der Waals surface area contributed by atoms with Crippen molar-refractivity contribution < 1.29 is 24.5 Å². The maximum atomic E-state index is 12.7. The van der Waals surface area contributed by atoms with Gasteiger partial charge in [-0.15, -0.1) is 0 Å². The first-order valence-electron chi connectivity index (χ1n) is 10.5. The summed E-state index contributed by atoms with van der Waals surface area (Å²) in [6.45, 7) is 3.93. The molecule has 3 rings (SSSR count). The number of ether oxygens (including phenoxy) is 1. The zero-order valence-electron chi connectivity index (χ0n) is 18.1. The fourth-order valence-corrected chi connectivity index (χ4v) is 3.63. The van der Waals surface area contributed by atoms with Crippen LogP contribution in [0.3, 0.4) is 0 Å². The number of amides is 1. The van der Waals surface area contributed by atoms with Crippen LogP contribution >= 0.6 is 0 Å². The van der Waals surface area contributed by atoms with Crippen LogP contribution in [-0.2, 0) is 9.53 Å². The lowest BCUT2D eigenvalue weighted by atomic mass is 9.89. The van der Waals surface area contributed by atoms with Gasteiger partial charge in [0.25, 0.3) is 0 Å². The lowest BCUT2D eigenvalue weighted by Crippen LogP contribution is -2.22. The number of phenolic OH excluding ortho intramolecular Hbond substituents is 1. The number of carbonyl (C=O) groups excluding carboxylic acids is 1. The molecule has 3 aromatic rings. The van der Waals surface area contributed by atoms with E-state index in [1.807, 2.05) is 62.4 Å². The van der Waals surface area contributed by atoms with Crippen molar-refractivity contribution in [2.45, 2.75) is 32.8 Å². The second kappa shape index (κ2) is 10.5. The van der Waals surface area contributed by atoms with E-state index in [0.717, 1.165) is 22.6 Å². The van der Waals surface area contributed by atoms with Gasteiger partial charge in [0.2, 0.25) is 0 Å². The van der Waals surface area contributed by atoms with Crippen LogP contribution in [0.1, 0.15) is 37.0 Å². The van der Waals surface area contributed by atoms with Crippen LogP contribution in [0.4, 0.5) is 10.5 Å². The summed E-state index contributed by atoms with van der Waals surface area (Å²) >= 11 is 0. The first-order chi connectivity index (χ1) is 15.3. The molecule has 166 valence electrons. The summed E-state index contributed by atoms with van der Waals surface area (Å²) in [4.78, 5) is 23.5. The first kappa shape index (κ1) is 22.9. The monoisotopic (exact) mass is 433 g/mol. The predicted octanol–water partition coefficient (Wildman–Crippen LogP) is 6.20. The van der Waals surface area contributed by atoms with E-state index >= 15 is 0 Å². The molecule has 0 aliphatic heterocycles. The van der Waals surface area contributed by atoms with Crippen LogP contribution in [-0.4, -0.2) is 22.3 Å². The number of carbonyl (C=O) groups is 2. The van der Waals surface area contributed by atoms with Crippen LogP contribution in [0.25, 0.3) is 10.8 Å². The van der Waals surface area contributed by atoms with Crippen molar-refractivity contribution in [1.29, 1.82) is 0 Å². The SMILES string of the molecule is Cc1ccc(NC(=O)O[C@H](c2ccc(O)c3ccccc23)[C@@H](C)CC/C=C/C(=O)O)cc1. The minimum atomic E-state index is -0.993. The van der Waals surface area contributed by atoms with Gasteiger partial charge in [0.15, 0.2) is 0 Å². The number of benzene rings is 3. The highest BCUT2D eigenvalue weighted by Gasteiger charge is 2.26. The van der Waals surface area contributed by atoms with Gasteiger partial charge in [0, 0.05) is 22.7 Å². The summed E-state index contributed by atoms with van der Waals surface area (Å²) in [5, 5.41) is 23.3. The number of aryl methyl sites for hydroxylation is 1. The molecule has 6 heteroatoms. The molecule has 0 fully saturated rings. The Balaban J connectivity index is 1.87. The number of nitrogens with one attached hydrogen (secondary N) is 1. The van der Waals surface area contributed by atoms with E-state index < -0.39 is 18.2 Å². The van der Waals surface area contributed by atoms with E-state index in [-0.39, 0.29) is 11.7 Å². The topological polar surface area (TPSA) is 95.9 Å². The van der Waals surface area contributed by atoms with Crippen molar-refractivity contribution in [2.24, 2.45) is 5.92 Å². The molecule has 32 heavy (non-hydrogen) atoms. The van der Waals surface area contributed by atoms with Gasteiger partial charge in [-0.1, -0.05) is 61.0 Å². The molecule has 0 spiro atoms. The van der Waals surface area contributed by atoms with Gasteiger partial charge < -0.3 is 14.9 Å². The Morgan fingerprint density at radius 1 is 1.03 bits per heavy atom. The first-order valence-corrected chi connectivity index (χ1v) is 10.5. The number of rotatable bonds is 8. The highest BCUT2D eigenvalue weighted by Crippen LogP contribution is 2.37. The summed E-state index contributed by atoms with van der Waals surface area (Å²) in [7, 11) is 0. The summed E-state index contributed by atoms with van der Waals surface area (Å²) in [6, 6.07) is 18.2. The minimum absolute atomic E-state index is 0.106. The zero-order valence-corrected chi connectivity index (χ0v) is 18.1. The highest BCUT2D eigenvalue weighted by molar-refractivity contribution is 5.91.